The quantitative estimate of drug-likeness (QED) is 0.666. The third-order valence-corrected chi connectivity index (χ3v) is 7.55. The van der Waals surface area contributed by atoms with E-state index in [4.69, 9.17) is 11.6 Å². The van der Waals surface area contributed by atoms with Gasteiger partial charge in [0.25, 0.3) is 0 Å². The third-order valence-electron chi connectivity index (χ3n) is 7.32. The van der Waals surface area contributed by atoms with E-state index in [1.807, 2.05) is 18.2 Å². The Morgan fingerprint density at radius 2 is 1.77 bits per heavy atom. The molecule has 0 bridgehead atoms. The van der Waals surface area contributed by atoms with Gasteiger partial charge in [0, 0.05) is 29.8 Å². The summed E-state index contributed by atoms with van der Waals surface area (Å²) >= 11 is 6.24. The van der Waals surface area contributed by atoms with Gasteiger partial charge in [-0.1, -0.05) is 54.1 Å². The van der Waals surface area contributed by atoms with Crippen LogP contribution in [0.3, 0.4) is 0 Å². The SMILES string of the molecule is O=C1NCN(c2cccc(Cl)c2)C12CCN(C1Cc3cccc4cccc1c34)CC2. The first-order chi connectivity index (χ1) is 14.7. The highest BCUT2D eigenvalue weighted by Gasteiger charge is 2.51. The van der Waals surface area contributed by atoms with Crippen LogP contribution < -0.4 is 10.2 Å². The minimum Gasteiger partial charge on any atom is -0.339 e. The fourth-order valence-electron chi connectivity index (χ4n) is 5.82. The van der Waals surface area contributed by atoms with Crippen molar-refractivity contribution in [1.29, 1.82) is 0 Å². The molecule has 5 heteroatoms. The van der Waals surface area contributed by atoms with Crippen LogP contribution in [0.2, 0.25) is 5.02 Å². The molecular formula is C25H24ClN3O. The van der Waals surface area contributed by atoms with Crippen molar-refractivity contribution in [3.8, 4) is 0 Å². The summed E-state index contributed by atoms with van der Waals surface area (Å²) in [4.78, 5) is 17.8. The molecule has 152 valence electrons. The Labute approximate surface area is 181 Å². The van der Waals surface area contributed by atoms with Gasteiger partial charge in [0.05, 0.1) is 6.67 Å². The van der Waals surface area contributed by atoms with Crippen molar-refractivity contribution in [2.24, 2.45) is 0 Å². The number of nitrogens with zero attached hydrogens (tertiary/aromatic N) is 2. The van der Waals surface area contributed by atoms with Crippen molar-refractivity contribution in [3.05, 3.63) is 76.8 Å². The fraction of sp³-hybridized carbons (Fsp3) is 0.320. The number of amides is 1. The van der Waals surface area contributed by atoms with E-state index in [9.17, 15) is 4.79 Å². The first-order valence-electron chi connectivity index (χ1n) is 10.7. The predicted molar refractivity (Wildman–Crippen MR) is 121 cm³/mol. The number of hydrogen-bond acceptors (Lipinski definition) is 3. The first-order valence-corrected chi connectivity index (χ1v) is 11.1. The number of likely N-dealkylation sites (tertiary alicyclic amines) is 1. The van der Waals surface area contributed by atoms with Gasteiger partial charge in [-0.15, -0.1) is 0 Å². The Hall–Kier alpha value is -2.56. The summed E-state index contributed by atoms with van der Waals surface area (Å²) in [5.74, 6) is 0.152. The van der Waals surface area contributed by atoms with Crippen LogP contribution >= 0.6 is 11.6 Å². The van der Waals surface area contributed by atoms with Crippen molar-refractivity contribution < 1.29 is 4.79 Å². The Kier molecular flexibility index (Phi) is 4.09. The summed E-state index contributed by atoms with van der Waals surface area (Å²) in [5.41, 5.74) is 3.44. The summed E-state index contributed by atoms with van der Waals surface area (Å²) in [6.45, 7) is 2.38. The number of halogens is 1. The lowest BCUT2D eigenvalue weighted by molar-refractivity contribution is -0.125. The van der Waals surface area contributed by atoms with Crippen LogP contribution in [0.25, 0.3) is 10.8 Å². The van der Waals surface area contributed by atoms with Crippen molar-refractivity contribution >= 4 is 34.0 Å². The minimum atomic E-state index is -0.474. The molecule has 3 aliphatic rings. The molecule has 3 aromatic rings. The number of anilines is 1. The van der Waals surface area contributed by atoms with E-state index in [-0.39, 0.29) is 5.91 Å². The van der Waals surface area contributed by atoms with Gasteiger partial charge in [-0.3, -0.25) is 9.69 Å². The van der Waals surface area contributed by atoms with Crippen LogP contribution in [0.5, 0.6) is 0 Å². The Bertz CT molecular complexity index is 1150. The van der Waals surface area contributed by atoms with E-state index in [0.717, 1.165) is 38.0 Å². The van der Waals surface area contributed by atoms with Gasteiger partial charge in [-0.05, 0) is 59.4 Å². The molecule has 1 atom stereocenters. The Balaban J connectivity index is 1.27. The number of benzene rings is 3. The van der Waals surface area contributed by atoms with E-state index < -0.39 is 5.54 Å². The zero-order valence-electron chi connectivity index (χ0n) is 16.8. The lowest BCUT2D eigenvalue weighted by atomic mass is 9.84. The molecule has 30 heavy (non-hydrogen) atoms. The van der Waals surface area contributed by atoms with Crippen molar-refractivity contribution in [3.63, 3.8) is 0 Å². The molecule has 2 aliphatic heterocycles. The van der Waals surface area contributed by atoms with Crippen LogP contribution in [0.15, 0.2) is 60.7 Å². The average Bonchev–Trinajstić information content (AvgIpc) is 3.29. The molecule has 2 heterocycles. The molecule has 1 aliphatic carbocycles. The van der Waals surface area contributed by atoms with Crippen molar-refractivity contribution in [2.45, 2.75) is 30.8 Å². The number of hydrogen-bond donors (Lipinski definition) is 1. The Morgan fingerprint density at radius 1 is 1.00 bits per heavy atom. The van der Waals surface area contributed by atoms with E-state index in [0.29, 0.717) is 17.7 Å². The average molecular weight is 418 g/mol. The number of rotatable bonds is 2. The predicted octanol–water partition coefficient (Wildman–Crippen LogP) is 4.52. The van der Waals surface area contributed by atoms with E-state index in [1.165, 1.54) is 21.9 Å². The second kappa shape index (κ2) is 6.73. The number of carbonyl (C=O) groups is 1. The molecule has 0 radical (unpaired) electrons. The van der Waals surface area contributed by atoms with Gasteiger partial charge in [-0.2, -0.15) is 0 Å². The Morgan fingerprint density at radius 3 is 2.57 bits per heavy atom. The van der Waals surface area contributed by atoms with Gasteiger partial charge < -0.3 is 10.2 Å². The third kappa shape index (κ3) is 2.60. The maximum absolute atomic E-state index is 13.0. The molecule has 0 aromatic heterocycles. The molecule has 1 N–H and O–H groups in total. The van der Waals surface area contributed by atoms with Gasteiger partial charge in [0.2, 0.25) is 5.91 Å². The first kappa shape index (κ1) is 18.2. The lowest BCUT2D eigenvalue weighted by Gasteiger charge is -2.45. The normalized spacial score (nSPS) is 22.8. The van der Waals surface area contributed by atoms with Crippen LogP contribution in [0.1, 0.15) is 30.0 Å². The maximum atomic E-state index is 13.0. The highest BCUT2D eigenvalue weighted by atomic mass is 35.5. The molecule has 4 nitrogen and oxygen atoms in total. The zero-order valence-corrected chi connectivity index (χ0v) is 17.5. The fourth-order valence-corrected chi connectivity index (χ4v) is 6.00. The molecule has 3 aromatic carbocycles. The summed E-state index contributed by atoms with van der Waals surface area (Å²) in [7, 11) is 0. The molecule has 6 rings (SSSR count). The van der Waals surface area contributed by atoms with Crippen LogP contribution in [0, 0.1) is 0 Å². The molecule has 2 saturated heterocycles. The van der Waals surface area contributed by atoms with Gasteiger partial charge in [-0.25, -0.2) is 0 Å². The van der Waals surface area contributed by atoms with Crippen molar-refractivity contribution in [1.82, 2.24) is 10.2 Å². The lowest BCUT2D eigenvalue weighted by Crippen LogP contribution is -2.56. The molecule has 1 amide bonds. The molecule has 1 spiro atoms. The second-order valence-electron chi connectivity index (χ2n) is 8.72. The molecular weight excluding hydrogens is 394 g/mol. The minimum absolute atomic E-state index is 0.152. The maximum Gasteiger partial charge on any atom is 0.247 e. The topological polar surface area (TPSA) is 35.6 Å². The highest BCUT2D eigenvalue weighted by Crippen LogP contribution is 2.44. The van der Waals surface area contributed by atoms with E-state index in [2.05, 4.69) is 57.6 Å². The number of carbonyl (C=O) groups excluding carboxylic acids is 1. The van der Waals surface area contributed by atoms with Crippen molar-refractivity contribution in [2.75, 3.05) is 24.7 Å². The largest absolute Gasteiger partial charge is 0.339 e. The zero-order chi connectivity index (χ0) is 20.3. The van der Waals surface area contributed by atoms with E-state index >= 15 is 0 Å². The van der Waals surface area contributed by atoms with Crippen LogP contribution in [-0.4, -0.2) is 36.1 Å². The monoisotopic (exact) mass is 417 g/mol. The van der Waals surface area contributed by atoms with E-state index in [1.54, 1.807) is 0 Å². The summed E-state index contributed by atoms with van der Waals surface area (Å²) < 4.78 is 0. The number of nitrogens with one attached hydrogen (secondary N) is 1. The van der Waals surface area contributed by atoms with Crippen LogP contribution in [0.4, 0.5) is 5.69 Å². The van der Waals surface area contributed by atoms with Gasteiger partial charge in [0.15, 0.2) is 0 Å². The highest BCUT2D eigenvalue weighted by molar-refractivity contribution is 6.30. The number of piperidine rings is 1. The smallest absolute Gasteiger partial charge is 0.247 e. The van der Waals surface area contributed by atoms with Crippen LogP contribution in [-0.2, 0) is 11.2 Å². The van der Waals surface area contributed by atoms with Gasteiger partial charge >= 0.3 is 0 Å². The molecule has 2 fully saturated rings. The molecule has 0 saturated carbocycles. The summed E-state index contributed by atoms with van der Waals surface area (Å²) in [6.07, 6.45) is 2.72. The molecule has 1 unspecified atom stereocenters. The second-order valence-corrected chi connectivity index (χ2v) is 9.16. The van der Waals surface area contributed by atoms with Gasteiger partial charge in [0.1, 0.15) is 5.54 Å². The summed E-state index contributed by atoms with van der Waals surface area (Å²) in [5, 5.41) is 6.56. The summed E-state index contributed by atoms with van der Waals surface area (Å²) in [6, 6.07) is 21.6. The standard InChI is InChI=1S/C25H24ClN3O/c26-19-7-3-8-20(15-19)29-16-27-24(30)25(29)10-12-28(13-11-25)22-14-18-6-1-4-17-5-2-9-21(22)23(17)18/h1-9,15,22H,10-14,16H2,(H,27,30).